The second kappa shape index (κ2) is 5.21. The van der Waals surface area contributed by atoms with Crippen LogP contribution in [0.2, 0.25) is 0 Å². The molecule has 0 aliphatic carbocycles. The minimum absolute atomic E-state index is 0.0286. The van der Waals surface area contributed by atoms with E-state index in [1.807, 2.05) is 0 Å². The molecule has 0 aliphatic rings. The predicted molar refractivity (Wildman–Crippen MR) is 54.3 cm³/mol. The standard InChI is InChI=1S/C8H8N2O5S/c1-2-15-7(14)5(11)10-8-9-3-4(16-8)6(12)13/h3H,2H2,1H3,(H,12,13)(H,9,10,11). The molecule has 8 heteroatoms. The molecule has 86 valence electrons. The van der Waals surface area contributed by atoms with E-state index >= 15 is 0 Å². The molecule has 1 rings (SSSR count). The number of rotatable bonds is 3. The van der Waals surface area contributed by atoms with Gasteiger partial charge >= 0.3 is 17.8 Å². The van der Waals surface area contributed by atoms with Crippen molar-refractivity contribution in [2.75, 3.05) is 11.9 Å². The van der Waals surface area contributed by atoms with Crippen LogP contribution in [0, 0.1) is 0 Å². The Morgan fingerprint density at radius 1 is 1.56 bits per heavy atom. The first kappa shape index (κ1) is 12.1. The number of aromatic carboxylic acids is 1. The summed E-state index contributed by atoms with van der Waals surface area (Å²) >= 11 is 0.754. The summed E-state index contributed by atoms with van der Waals surface area (Å²) in [4.78, 5) is 36.1. The van der Waals surface area contributed by atoms with Crippen LogP contribution < -0.4 is 5.32 Å². The Hall–Kier alpha value is -1.96. The molecule has 0 bridgehead atoms. The number of carbonyl (C=O) groups excluding carboxylic acids is 2. The molecule has 1 heterocycles. The fourth-order valence-corrected chi connectivity index (χ4v) is 1.43. The first-order valence-electron chi connectivity index (χ1n) is 4.21. The monoisotopic (exact) mass is 244 g/mol. The maximum absolute atomic E-state index is 11.1. The predicted octanol–water partition coefficient (Wildman–Crippen LogP) is 0.343. The van der Waals surface area contributed by atoms with E-state index in [2.05, 4.69) is 15.0 Å². The van der Waals surface area contributed by atoms with E-state index in [9.17, 15) is 14.4 Å². The number of nitrogens with zero attached hydrogens (tertiary/aromatic N) is 1. The number of aromatic nitrogens is 1. The lowest BCUT2D eigenvalue weighted by molar-refractivity contribution is -0.152. The third-order valence-corrected chi connectivity index (χ3v) is 2.30. The molecule has 0 saturated heterocycles. The van der Waals surface area contributed by atoms with Crippen LogP contribution in [0.4, 0.5) is 5.13 Å². The van der Waals surface area contributed by atoms with Gasteiger partial charge in [0.05, 0.1) is 12.8 Å². The fourth-order valence-electron chi connectivity index (χ4n) is 0.776. The van der Waals surface area contributed by atoms with E-state index in [4.69, 9.17) is 5.11 Å². The molecule has 0 radical (unpaired) electrons. The third kappa shape index (κ3) is 3.02. The molecule has 0 spiro atoms. The highest BCUT2D eigenvalue weighted by atomic mass is 32.1. The number of hydrogen-bond donors (Lipinski definition) is 2. The van der Waals surface area contributed by atoms with E-state index in [1.54, 1.807) is 6.92 Å². The Kier molecular flexibility index (Phi) is 3.95. The van der Waals surface area contributed by atoms with E-state index in [0.29, 0.717) is 0 Å². The van der Waals surface area contributed by atoms with Gasteiger partial charge in [-0.25, -0.2) is 14.6 Å². The summed E-state index contributed by atoms with van der Waals surface area (Å²) in [6.45, 7) is 1.65. The molecule has 16 heavy (non-hydrogen) atoms. The average molecular weight is 244 g/mol. The lowest BCUT2D eigenvalue weighted by Crippen LogP contribution is -2.24. The summed E-state index contributed by atoms with van der Waals surface area (Å²) < 4.78 is 4.44. The number of thiazole rings is 1. The maximum Gasteiger partial charge on any atom is 0.397 e. The van der Waals surface area contributed by atoms with Crippen LogP contribution in [0.15, 0.2) is 6.20 Å². The minimum atomic E-state index is -1.14. The van der Waals surface area contributed by atoms with Crippen LogP contribution in [0.25, 0.3) is 0 Å². The number of carboxylic acid groups (broad SMARTS) is 1. The molecule has 2 N–H and O–H groups in total. The Bertz CT molecular complexity index is 428. The Balaban J connectivity index is 2.63. The quantitative estimate of drug-likeness (QED) is 0.586. The second-order valence-corrected chi connectivity index (χ2v) is 3.54. The maximum atomic E-state index is 11.1. The van der Waals surface area contributed by atoms with Crippen LogP contribution in [0.5, 0.6) is 0 Å². The summed E-state index contributed by atoms with van der Waals surface area (Å²) in [6, 6.07) is 0. The lowest BCUT2D eigenvalue weighted by atomic mass is 10.6. The van der Waals surface area contributed by atoms with E-state index in [0.717, 1.165) is 17.5 Å². The van der Waals surface area contributed by atoms with Crippen LogP contribution in [0.3, 0.4) is 0 Å². The molecule has 7 nitrogen and oxygen atoms in total. The summed E-state index contributed by atoms with van der Waals surface area (Å²) in [6.07, 6.45) is 1.09. The molecular formula is C8H8N2O5S. The smallest absolute Gasteiger partial charge is 0.397 e. The number of carbonyl (C=O) groups is 3. The molecular weight excluding hydrogens is 236 g/mol. The van der Waals surface area contributed by atoms with Crippen molar-refractivity contribution >= 4 is 34.3 Å². The number of hydrogen-bond acceptors (Lipinski definition) is 6. The highest BCUT2D eigenvalue weighted by molar-refractivity contribution is 7.17. The Morgan fingerprint density at radius 3 is 2.75 bits per heavy atom. The van der Waals surface area contributed by atoms with Crippen molar-refractivity contribution in [1.29, 1.82) is 0 Å². The van der Waals surface area contributed by atoms with Crippen LogP contribution in [-0.2, 0) is 14.3 Å². The first-order valence-corrected chi connectivity index (χ1v) is 5.03. The van der Waals surface area contributed by atoms with Gasteiger partial charge in [0.2, 0.25) is 0 Å². The van der Waals surface area contributed by atoms with Gasteiger partial charge < -0.3 is 9.84 Å². The van der Waals surface area contributed by atoms with E-state index in [1.165, 1.54) is 0 Å². The lowest BCUT2D eigenvalue weighted by Gasteiger charge is -2.00. The van der Waals surface area contributed by atoms with E-state index < -0.39 is 17.8 Å². The topological polar surface area (TPSA) is 106 Å². The van der Waals surface area contributed by atoms with Crippen molar-refractivity contribution in [3.63, 3.8) is 0 Å². The number of esters is 1. The average Bonchev–Trinajstić information content (AvgIpc) is 2.66. The Labute approximate surface area is 94.1 Å². The largest absolute Gasteiger partial charge is 0.477 e. The number of carboxylic acids is 1. The number of ether oxygens (including phenoxy) is 1. The number of anilines is 1. The molecule has 0 unspecified atom stereocenters. The van der Waals surface area contributed by atoms with Gasteiger partial charge in [0, 0.05) is 0 Å². The molecule has 0 aromatic carbocycles. The van der Waals surface area contributed by atoms with Crippen molar-refractivity contribution in [2.24, 2.45) is 0 Å². The van der Waals surface area contributed by atoms with Gasteiger partial charge in [0.25, 0.3) is 0 Å². The zero-order valence-corrected chi connectivity index (χ0v) is 9.04. The summed E-state index contributed by atoms with van der Waals surface area (Å²) in [5.74, 6) is -3.16. The fraction of sp³-hybridized carbons (Fsp3) is 0.250. The van der Waals surface area contributed by atoms with Crippen LogP contribution >= 0.6 is 11.3 Å². The van der Waals surface area contributed by atoms with Crippen LogP contribution in [0.1, 0.15) is 16.6 Å². The SMILES string of the molecule is CCOC(=O)C(=O)Nc1ncc(C(=O)O)s1. The highest BCUT2D eigenvalue weighted by Gasteiger charge is 2.17. The van der Waals surface area contributed by atoms with Crippen molar-refractivity contribution in [3.05, 3.63) is 11.1 Å². The van der Waals surface area contributed by atoms with Crippen molar-refractivity contribution < 1.29 is 24.2 Å². The van der Waals surface area contributed by atoms with Gasteiger partial charge in [-0.2, -0.15) is 0 Å². The van der Waals surface area contributed by atoms with Gasteiger partial charge in [-0.05, 0) is 6.92 Å². The highest BCUT2D eigenvalue weighted by Crippen LogP contribution is 2.17. The van der Waals surface area contributed by atoms with Gasteiger partial charge in [-0.15, -0.1) is 0 Å². The van der Waals surface area contributed by atoms with Gasteiger partial charge in [-0.1, -0.05) is 11.3 Å². The summed E-state index contributed by atoms with van der Waals surface area (Å²) in [5.41, 5.74) is 0. The van der Waals surface area contributed by atoms with Gasteiger partial charge in [-0.3, -0.25) is 10.1 Å². The van der Waals surface area contributed by atoms with Crippen molar-refractivity contribution in [3.8, 4) is 0 Å². The number of nitrogens with one attached hydrogen (secondary N) is 1. The third-order valence-electron chi connectivity index (χ3n) is 1.40. The summed E-state index contributed by atoms with van der Waals surface area (Å²) in [7, 11) is 0. The number of amides is 1. The molecule has 0 saturated carbocycles. The van der Waals surface area contributed by atoms with Gasteiger partial charge in [0.15, 0.2) is 5.13 Å². The molecule has 1 aromatic rings. The van der Waals surface area contributed by atoms with Gasteiger partial charge in [0.1, 0.15) is 4.88 Å². The Morgan fingerprint density at radius 2 is 2.25 bits per heavy atom. The molecule has 0 aliphatic heterocycles. The molecule has 1 amide bonds. The normalized spacial score (nSPS) is 9.56. The molecule has 1 aromatic heterocycles. The zero-order valence-electron chi connectivity index (χ0n) is 8.22. The zero-order chi connectivity index (χ0) is 12.1. The first-order chi connectivity index (χ1) is 7.54. The molecule has 0 fully saturated rings. The van der Waals surface area contributed by atoms with Crippen LogP contribution in [-0.4, -0.2) is 34.5 Å². The van der Waals surface area contributed by atoms with Crippen molar-refractivity contribution in [2.45, 2.75) is 6.92 Å². The second-order valence-electron chi connectivity index (χ2n) is 2.51. The van der Waals surface area contributed by atoms with E-state index in [-0.39, 0.29) is 16.6 Å². The van der Waals surface area contributed by atoms with Crippen molar-refractivity contribution in [1.82, 2.24) is 4.98 Å². The molecule has 0 atom stereocenters. The minimum Gasteiger partial charge on any atom is -0.477 e. The summed E-state index contributed by atoms with van der Waals surface area (Å²) in [5, 5.41) is 10.8.